The minimum Gasteiger partial charge on any atom is -0.307 e. The van der Waals surface area contributed by atoms with Crippen LogP contribution < -0.4 is 5.32 Å². The fourth-order valence-electron chi connectivity index (χ4n) is 2.44. The molecule has 1 N–H and O–H groups in total. The molecule has 84 valence electrons. The molecule has 0 amide bonds. The van der Waals surface area contributed by atoms with E-state index in [-0.39, 0.29) is 5.54 Å². The van der Waals surface area contributed by atoms with Crippen molar-refractivity contribution in [2.45, 2.75) is 44.6 Å². The van der Waals surface area contributed by atoms with E-state index in [2.05, 4.69) is 39.6 Å². The number of hydrogen-bond acceptors (Lipinski definition) is 2. The largest absolute Gasteiger partial charge is 0.307 e. The van der Waals surface area contributed by atoms with Crippen LogP contribution in [0, 0.1) is 0 Å². The van der Waals surface area contributed by atoms with E-state index in [1.165, 1.54) is 41.5 Å². The van der Waals surface area contributed by atoms with Gasteiger partial charge in [0, 0.05) is 9.35 Å². The number of hydrogen-bond donors (Lipinski definition) is 1. The molecule has 1 atom stereocenters. The average Bonchev–Trinajstić information content (AvgIpc) is 2.56. The average molecular weight is 288 g/mol. The number of rotatable bonds is 2. The Labute approximate surface area is 104 Å². The third kappa shape index (κ3) is 2.29. The molecular formula is C12H18BrNS. The molecule has 1 aromatic heterocycles. The lowest BCUT2D eigenvalue weighted by atomic mass is 9.89. The Kier molecular flexibility index (Phi) is 3.86. The van der Waals surface area contributed by atoms with Gasteiger partial charge in [-0.05, 0) is 53.2 Å². The summed E-state index contributed by atoms with van der Waals surface area (Å²) in [7, 11) is 0. The van der Waals surface area contributed by atoms with Crippen molar-refractivity contribution < 1.29 is 0 Å². The second kappa shape index (κ2) is 4.98. The second-order valence-corrected chi connectivity index (χ2v) is 6.04. The second-order valence-electron chi connectivity index (χ2n) is 4.27. The Bertz CT molecular complexity index is 313. The Morgan fingerprint density at radius 2 is 2.33 bits per heavy atom. The van der Waals surface area contributed by atoms with Crippen LogP contribution in [0.4, 0.5) is 0 Å². The summed E-state index contributed by atoms with van der Waals surface area (Å²) in [4.78, 5) is 1.49. The van der Waals surface area contributed by atoms with Crippen LogP contribution in [0.25, 0.3) is 0 Å². The summed E-state index contributed by atoms with van der Waals surface area (Å²) < 4.78 is 1.28. The molecule has 0 radical (unpaired) electrons. The Balaban J connectivity index is 2.30. The van der Waals surface area contributed by atoms with Crippen molar-refractivity contribution in [1.82, 2.24) is 5.32 Å². The zero-order chi connectivity index (χ0) is 10.7. The van der Waals surface area contributed by atoms with Crippen LogP contribution >= 0.6 is 27.3 Å². The van der Waals surface area contributed by atoms with Crippen molar-refractivity contribution >= 4 is 27.3 Å². The van der Waals surface area contributed by atoms with E-state index < -0.39 is 0 Å². The van der Waals surface area contributed by atoms with Crippen LogP contribution in [0.5, 0.6) is 0 Å². The topological polar surface area (TPSA) is 12.0 Å². The standard InChI is InChI=1S/C12H18BrNS/c1-2-12(7-4-3-5-8-14-12)11-10(13)6-9-15-11/h6,9,14H,2-5,7-8H2,1H3. The van der Waals surface area contributed by atoms with Gasteiger partial charge in [-0.15, -0.1) is 11.3 Å². The Morgan fingerprint density at radius 3 is 3.00 bits per heavy atom. The summed E-state index contributed by atoms with van der Waals surface area (Å²) in [6.45, 7) is 3.46. The first-order valence-electron chi connectivity index (χ1n) is 5.77. The lowest BCUT2D eigenvalue weighted by Gasteiger charge is -2.32. The van der Waals surface area contributed by atoms with Gasteiger partial charge in [-0.25, -0.2) is 0 Å². The van der Waals surface area contributed by atoms with Gasteiger partial charge in [0.05, 0.1) is 5.54 Å². The van der Waals surface area contributed by atoms with Gasteiger partial charge in [0.2, 0.25) is 0 Å². The highest BCUT2D eigenvalue weighted by molar-refractivity contribution is 9.10. The van der Waals surface area contributed by atoms with Gasteiger partial charge >= 0.3 is 0 Å². The van der Waals surface area contributed by atoms with Crippen LogP contribution in [-0.2, 0) is 5.54 Å². The fraction of sp³-hybridized carbons (Fsp3) is 0.667. The van der Waals surface area contributed by atoms with Crippen LogP contribution in [0.2, 0.25) is 0 Å². The number of halogens is 1. The molecule has 3 heteroatoms. The first-order valence-corrected chi connectivity index (χ1v) is 7.44. The summed E-state index contributed by atoms with van der Waals surface area (Å²) in [5, 5.41) is 5.95. The van der Waals surface area contributed by atoms with Crippen molar-refractivity contribution in [2.24, 2.45) is 0 Å². The molecule has 1 aromatic rings. The molecule has 1 unspecified atom stereocenters. The van der Waals surface area contributed by atoms with Crippen molar-refractivity contribution in [3.63, 3.8) is 0 Å². The SMILES string of the molecule is CCC1(c2sccc2Br)CCCCCN1. The summed E-state index contributed by atoms with van der Waals surface area (Å²) >= 11 is 5.55. The number of thiophene rings is 1. The molecular weight excluding hydrogens is 270 g/mol. The van der Waals surface area contributed by atoms with Crippen LogP contribution in [-0.4, -0.2) is 6.54 Å². The summed E-state index contributed by atoms with van der Waals surface area (Å²) in [5.74, 6) is 0. The summed E-state index contributed by atoms with van der Waals surface area (Å²) in [6.07, 6.45) is 6.52. The zero-order valence-electron chi connectivity index (χ0n) is 9.18. The zero-order valence-corrected chi connectivity index (χ0v) is 11.6. The molecule has 1 saturated heterocycles. The fourth-order valence-corrected chi connectivity index (χ4v) is 4.47. The van der Waals surface area contributed by atoms with Crippen molar-refractivity contribution in [3.8, 4) is 0 Å². The van der Waals surface area contributed by atoms with E-state index in [1.807, 2.05) is 11.3 Å². The third-order valence-electron chi connectivity index (χ3n) is 3.40. The molecule has 1 fully saturated rings. The van der Waals surface area contributed by atoms with Gasteiger partial charge in [0.15, 0.2) is 0 Å². The van der Waals surface area contributed by atoms with Gasteiger partial charge in [-0.1, -0.05) is 19.8 Å². The lowest BCUT2D eigenvalue weighted by Crippen LogP contribution is -2.40. The predicted molar refractivity (Wildman–Crippen MR) is 70.5 cm³/mol. The number of nitrogens with one attached hydrogen (secondary N) is 1. The molecule has 0 spiro atoms. The van der Waals surface area contributed by atoms with Gasteiger partial charge in [-0.3, -0.25) is 0 Å². The Morgan fingerprint density at radius 1 is 1.47 bits per heavy atom. The van der Waals surface area contributed by atoms with Crippen LogP contribution in [0.1, 0.15) is 43.9 Å². The monoisotopic (exact) mass is 287 g/mol. The molecule has 2 heterocycles. The lowest BCUT2D eigenvalue weighted by molar-refractivity contribution is 0.318. The molecule has 2 rings (SSSR count). The molecule has 1 nitrogen and oxygen atoms in total. The minimum atomic E-state index is 0.240. The van der Waals surface area contributed by atoms with Gasteiger partial charge in [-0.2, -0.15) is 0 Å². The van der Waals surface area contributed by atoms with Gasteiger partial charge in [0.25, 0.3) is 0 Å². The van der Waals surface area contributed by atoms with E-state index in [9.17, 15) is 0 Å². The first-order chi connectivity index (χ1) is 7.28. The summed E-state index contributed by atoms with van der Waals surface area (Å²) in [6, 6.07) is 2.17. The maximum absolute atomic E-state index is 3.77. The smallest absolute Gasteiger partial charge is 0.0537 e. The molecule has 0 aliphatic carbocycles. The molecule has 1 aliphatic rings. The first kappa shape index (κ1) is 11.6. The molecule has 0 aromatic carbocycles. The van der Waals surface area contributed by atoms with Crippen molar-refractivity contribution in [1.29, 1.82) is 0 Å². The minimum absolute atomic E-state index is 0.240. The summed E-state index contributed by atoms with van der Waals surface area (Å²) in [5.41, 5.74) is 0.240. The van der Waals surface area contributed by atoms with E-state index in [4.69, 9.17) is 0 Å². The van der Waals surface area contributed by atoms with Gasteiger partial charge < -0.3 is 5.32 Å². The Hall–Kier alpha value is 0.140. The maximum atomic E-state index is 3.77. The van der Waals surface area contributed by atoms with Crippen LogP contribution in [0.3, 0.4) is 0 Å². The molecule has 0 saturated carbocycles. The predicted octanol–water partition coefficient (Wildman–Crippen LogP) is 4.28. The third-order valence-corrected chi connectivity index (χ3v) is 5.44. The van der Waals surface area contributed by atoms with Crippen molar-refractivity contribution in [2.75, 3.05) is 6.54 Å². The quantitative estimate of drug-likeness (QED) is 0.856. The van der Waals surface area contributed by atoms with E-state index in [0.29, 0.717) is 0 Å². The molecule has 1 aliphatic heterocycles. The highest BCUT2D eigenvalue weighted by Gasteiger charge is 2.33. The normalized spacial score (nSPS) is 27.6. The van der Waals surface area contributed by atoms with Gasteiger partial charge in [0.1, 0.15) is 0 Å². The van der Waals surface area contributed by atoms with E-state index in [1.54, 1.807) is 0 Å². The highest BCUT2D eigenvalue weighted by atomic mass is 79.9. The van der Waals surface area contributed by atoms with Crippen LogP contribution in [0.15, 0.2) is 15.9 Å². The highest BCUT2D eigenvalue weighted by Crippen LogP contribution is 2.40. The molecule has 0 bridgehead atoms. The van der Waals surface area contributed by atoms with E-state index >= 15 is 0 Å². The molecule has 15 heavy (non-hydrogen) atoms. The van der Waals surface area contributed by atoms with E-state index in [0.717, 1.165) is 6.54 Å². The van der Waals surface area contributed by atoms with Crippen molar-refractivity contribution in [3.05, 3.63) is 20.8 Å². The maximum Gasteiger partial charge on any atom is 0.0537 e.